The number of hydrogen-bond acceptors (Lipinski definition) is 6. The molecule has 35 heavy (non-hydrogen) atoms. The molecular weight excluding hydrogens is 442 g/mol. The molecule has 0 saturated carbocycles. The molecule has 0 bridgehead atoms. The first kappa shape index (κ1) is 28.2. The Morgan fingerprint density at radius 1 is 0.886 bits per heavy atom. The van der Waals surface area contributed by atoms with Crippen LogP contribution in [-0.4, -0.2) is 39.2 Å². The van der Waals surface area contributed by atoms with Crippen LogP contribution < -0.4 is 14.2 Å². The van der Waals surface area contributed by atoms with E-state index in [4.69, 9.17) is 23.8 Å². The lowest BCUT2D eigenvalue weighted by Crippen LogP contribution is -2.05. The molecule has 0 N–H and O–H groups in total. The predicted octanol–water partition coefficient (Wildman–Crippen LogP) is 6.82. The van der Waals surface area contributed by atoms with Crippen molar-refractivity contribution in [2.45, 2.75) is 60.0 Å². The maximum atomic E-state index is 6.07. The van der Waals surface area contributed by atoms with Crippen LogP contribution in [0.2, 0.25) is 0 Å². The van der Waals surface area contributed by atoms with Crippen molar-refractivity contribution >= 4 is 5.71 Å². The van der Waals surface area contributed by atoms with Crippen molar-refractivity contribution in [1.82, 2.24) is 0 Å². The zero-order chi connectivity index (χ0) is 25.3. The van der Waals surface area contributed by atoms with E-state index in [1.165, 1.54) is 7.11 Å². The van der Waals surface area contributed by atoms with E-state index in [-0.39, 0.29) is 0 Å². The minimum absolute atomic E-state index is 0.443. The van der Waals surface area contributed by atoms with Crippen LogP contribution in [0.3, 0.4) is 0 Å². The second-order valence-corrected chi connectivity index (χ2v) is 8.53. The SMILES string of the molecule is C/C=C/COc1cc(C)c(OCCCCCCOc2cccc(COCC(C)=NOC)c2)c(C)c1. The number of unbranched alkanes of at least 4 members (excludes halogenated alkanes) is 3. The fourth-order valence-electron chi connectivity index (χ4n) is 3.61. The van der Waals surface area contributed by atoms with Crippen LogP contribution in [0.25, 0.3) is 0 Å². The summed E-state index contributed by atoms with van der Waals surface area (Å²) in [4.78, 5) is 4.73. The van der Waals surface area contributed by atoms with Crippen LogP contribution in [-0.2, 0) is 16.2 Å². The highest BCUT2D eigenvalue weighted by atomic mass is 16.6. The van der Waals surface area contributed by atoms with Gasteiger partial charge >= 0.3 is 0 Å². The molecule has 0 aliphatic carbocycles. The van der Waals surface area contributed by atoms with Gasteiger partial charge in [0.05, 0.1) is 32.1 Å². The standard InChI is InChI=1S/C29H41NO5/c1-6-7-15-34-28-18-23(2)29(24(3)19-28)35-17-11-9-8-10-16-33-27-14-12-13-26(20-27)22-32-21-25(4)30-31-5/h6-7,12-14,18-20H,8-11,15-17,21-22H2,1-5H3/b7-6+,30-25?. The van der Waals surface area contributed by atoms with Gasteiger partial charge in [-0.2, -0.15) is 0 Å². The van der Waals surface area contributed by atoms with Crippen molar-refractivity contribution in [2.75, 3.05) is 33.5 Å². The van der Waals surface area contributed by atoms with E-state index < -0.39 is 0 Å². The van der Waals surface area contributed by atoms with Crippen LogP contribution >= 0.6 is 0 Å². The molecule has 6 heteroatoms. The van der Waals surface area contributed by atoms with Crippen molar-refractivity contribution in [3.63, 3.8) is 0 Å². The summed E-state index contributed by atoms with van der Waals surface area (Å²) in [5.41, 5.74) is 4.10. The monoisotopic (exact) mass is 483 g/mol. The van der Waals surface area contributed by atoms with Gasteiger partial charge in [0.25, 0.3) is 0 Å². The molecule has 0 amide bonds. The Bertz CT molecular complexity index is 915. The summed E-state index contributed by atoms with van der Waals surface area (Å²) in [5, 5.41) is 3.84. The summed E-state index contributed by atoms with van der Waals surface area (Å²) in [7, 11) is 1.53. The molecule has 2 aromatic rings. The van der Waals surface area contributed by atoms with Gasteiger partial charge in [0.15, 0.2) is 0 Å². The largest absolute Gasteiger partial charge is 0.494 e. The Labute approximate surface area is 210 Å². The highest BCUT2D eigenvalue weighted by Crippen LogP contribution is 2.28. The molecule has 6 nitrogen and oxygen atoms in total. The van der Waals surface area contributed by atoms with Crippen LogP contribution in [0, 0.1) is 13.8 Å². The van der Waals surface area contributed by atoms with E-state index >= 15 is 0 Å². The van der Waals surface area contributed by atoms with E-state index in [0.717, 1.165) is 71.9 Å². The first-order chi connectivity index (χ1) is 17.0. The molecule has 0 saturated heterocycles. The first-order valence-corrected chi connectivity index (χ1v) is 12.4. The topological polar surface area (TPSA) is 58.5 Å². The number of allylic oxidation sites excluding steroid dienone is 1. The number of oxime groups is 1. The van der Waals surface area contributed by atoms with Gasteiger partial charge in [-0.3, -0.25) is 0 Å². The summed E-state index contributed by atoms with van der Waals surface area (Å²) in [6, 6.07) is 12.1. The number of hydrogen-bond donors (Lipinski definition) is 0. The Morgan fingerprint density at radius 2 is 1.60 bits per heavy atom. The molecular formula is C29H41NO5. The van der Waals surface area contributed by atoms with Crippen molar-refractivity contribution in [2.24, 2.45) is 5.16 Å². The van der Waals surface area contributed by atoms with Crippen LogP contribution in [0.1, 0.15) is 56.2 Å². The molecule has 2 rings (SSSR count). The first-order valence-electron chi connectivity index (χ1n) is 12.4. The minimum Gasteiger partial charge on any atom is -0.494 e. The lowest BCUT2D eigenvalue weighted by molar-refractivity contribution is 0.150. The van der Waals surface area contributed by atoms with Gasteiger partial charge in [0.1, 0.15) is 31.0 Å². The normalized spacial score (nSPS) is 11.6. The van der Waals surface area contributed by atoms with E-state index in [1.807, 2.05) is 62.4 Å². The fraction of sp³-hybridized carbons (Fsp3) is 0.483. The molecule has 0 aliphatic heterocycles. The molecule has 0 spiro atoms. The molecule has 0 radical (unpaired) electrons. The highest BCUT2D eigenvalue weighted by Gasteiger charge is 2.07. The van der Waals surface area contributed by atoms with Gasteiger partial charge in [0.2, 0.25) is 0 Å². The maximum absolute atomic E-state index is 6.07. The minimum atomic E-state index is 0.443. The van der Waals surface area contributed by atoms with Crippen molar-refractivity contribution in [1.29, 1.82) is 0 Å². The van der Waals surface area contributed by atoms with E-state index in [2.05, 4.69) is 19.0 Å². The Morgan fingerprint density at radius 3 is 2.29 bits per heavy atom. The van der Waals surface area contributed by atoms with Gasteiger partial charge in [-0.25, -0.2) is 0 Å². The van der Waals surface area contributed by atoms with Gasteiger partial charge in [-0.05, 0) is 94.3 Å². The van der Waals surface area contributed by atoms with E-state index in [9.17, 15) is 0 Å². The molecule has 0 aromatic heterocycles. The van der Waals surface area contributed by atoms with Gasteiger partial charge < -0.3 is 23.8 Å². The second kappa shape index (κ2) is 16.6. The second-order valence-electron chi connectivity index (χ2n) is 8.53. The smallest absolute Gasteiger partial charge is 0.125 e. The molecule has 0 atom stereocenters. The van der Waals surface area contributed by atoms with E-state index in [0.29, 0.717) is 26.4 Å². The van der Waals surface area contributed by atoms with Crippen molar-refractivity contribution in [3.8, 4) is 17.2 Å². The van der Waals surface area contributed by atoms with Gasteiger partial charge in [0, 0.05) is 0 Å². The van der Waals surface area contributed by atoms with Gasteiger partial charge in [-0.15, -0.1) is 0 Å². The zero-order valence-corrected chi connectivity index (χ0v) is 22.0. The Balaban J connectivity index is 1.60. The Kier molecular flexibility index (Phi) is 13.4. The van der Waals surface area contributed by atoms with Crippen LogP contribution in [0.15, 0.2) is 53.7 Å². The molecule has 192 valence electrons. The van der Waals surface area contributed by atoms with Crippen molar-refractivity contribution < 1.29 is 23.8 Å². The lowest BCUT2D eigenvalue weighted by atomic mass is 10.1. The Hall–Kier alpha value is -2.99. The predicted molar refractivity (Wildman–Crippen MR) is 142 cm³/mol. The van der Waals surface area contributed by atoms with Crippen molar-refractivity contribution in [3.05, 3.63) is 65.2 Å². The summed E-state index contributed by atoms with van der Waals surface area (Å²) >= 11 is 0. The average molecular weight is 484 g/mol. The quantitative estimate of drug-likeness (QED) is 0.107. The summed E-state index contributed by atoms with van der Waals surface area (Å²) in [5.74, 6) is 2.73. The maximum Gasteiger partial charge on any atom is 0.125 e. The third-order valence-corrected chi connectivity index (χ3v) is 5.29. The van der Waals surface area contributed by atoms with Crippen LogP contribution in [0.5, 0.6) is 17.2 Å². The molecule has 0 fully saturated rings. The molecule has 0 aliphatic rings. The molecule has 0 unspecified atom stereocenters. The molecule has 2 aromatic carbocycles. The number of aryl methyl sites for hydroxylation is 2. The lowest BCUT2D eigenvalue weighted by Gasteiger charge is -2.14. The number of rotatable bonds is 17. The summed E-state index contributed by atoms with van der Waals surface area (Å²) < 4.78 is 23.4. The van der Waals surface area contributed by atoms with E-state index in [1.54, 1.807) is 0 Å². The van der Waals surface area contributed by atoms with Gasteiger partial charge in [-0.1, -0.05) is 29.4 Å². The average Bonchev–Trinajstić information content (AvgIpc) is 2.83. The number of benzene rings is 2. The number of nitrogens with zero attached hydrogens (tertiary/aromatic N) is 1. The third kappa shape index (κ3) is 11.3. The number of ether oxygens (including phenoxy) is 4. The summed E-state index contributed by atoms with van der Waals surface area (Å²) in [6.45, 7) is 11.0. The third-order valence-electron chi connectivity index (χ3n) is 5.29. The van der Waals surface area contributed by atoms with Crippen LogP contribution in [0.4, 0.5) is 0 Å². The fourth-order valence-corrected chi connectivity index (χ4v) is 3.61. The summed E-state index contributed by atoms with van der Waals surface area (Å²) in [6.07, 6.45) is 8.25. The zero-order valence-electron chi connectivity index (χ0n) is 22.0. The molecule has 0 heterocycles. The highest BCUT2D eigenvalue weighted by molar-refractivity contribution is 5.82.